The highest BCUT2D eigenvalue weighted by atomic mass is 19.4. The van der Waals surface area contributed by atoms with Crippen LogP contribution in [0.1, 0.15) is 30.3 Å². The molecule has 30 heavy (non-hydrogen) atoms. The minimum atomic E-state index is -4.28. The van der Waals surface area contributed by atoms with E-state index in [1.807, 2.05) is 0 Å². The predicted octanol–water partition coefficient (Wildman–Crippen LogP) is 1.18. The number of anilines is 3. The number of hydrogen-bond acceptors (Lipinski definition) is 8. The molecule has 2 aliphatic rings. The molecule has 5 N–H and O–H groups in total. The zero-order valence-corrected chi connectivity index (χ0v) is 16.2. The molecule has 1 unspecified atom stereocenters. The van der Waals surface area contributed by atoms with Crippen molar-refractivity contribution in [3.05, 3.63) is 40.1 Å². The van der Waals surface area contributed by atoms with Crippen LogP contribution in [0.4, 0.5) is 30.5 Å². The lowest BCUT2D eigenvalue weighted by atomic mass is 9.96. The topological polar surface area (TPSA) is 121 Å². The van der Waals surface area contributed by atoms with Crippen molar-refractivity contribution in [3.63, 3.8) is 0 Å². The highest BCUT2D eigenvalue weighted by molar-refractivity contribution is 5.59. The van der Waals surface area contributed by atoms with E-state index in [0.717, 1.165) is 0 Å². The molecule has 2 aromatic rings. The van der Waals surface area contributed by atoms with E-state index in [1.54, 1.807) is 13.0 Å². The first kappa shape index (κ1) is 20.6. The molecule has 4 rings (SSSR count). The number of hydrogen-bond donors (Lipinski definition) is 4. The molecule has 0 bridgehead atoms. The van der Waals surface area contributed by atoms with Crippen LogP contribution in [0.2, 0.25) is 0 Å². The third-order valence-corrected chi connectivity index (χ3v) is 5.57. The lowest BCUT2D eigenvalue weighted by Crippen LogP contribution is -2.55. The molecule has 0 amide bonds. The number of alkyl halides is 3. The third kappa shape index (κ3) is 3.73. The van der Waals surface area contributed by atoms with Crippen molar-refractivity contribution in [1.82, 2.24) is 24.8 Å². The van der Waals surface area contributed by atoms with Crippen LogP contribution in [-0.4, -0.2) is 50.4 Å². The number of nitrogen functional groups attached to an aromatic ring is 1. The predicted molar refractivity (Wildman–Crippen MR) is 103 cm³/mol. The second-order valence-electron chi connectivity index (χ2n) is 7.69. The molecule has 0 aliphatic carbocycles. The summed E-state index contributed by atoms with van der Waals surface area (Å²) in [5, 5.41) is 16.5. The van der Waals surface area contributed by atoms with Gasteiger partial charge in [0.25, 0.3) is 5.56 Å². The fourth-order valence-corrected chi connectivity index (χ4v) is 4.28. The summed E-state index contributed by atoms with van der Waals surface area (Å²) in [4.78, 5) is 22.5. The highest BCUT2D eigenvalue weighted by Gasteiger charge is 2.47. The van der Waals surface area contributed by atoms with E-state index >= 15 is 0 Å². The molecule has 1 saturated heterocycles. The Balaban J connectivity index is 1.68. The van der Waals surface area contributed by atoms with Crippen molar-refractivity contribution in [1.29, 1.82) is 0 Å². The van der Waals surface area contributed by atoms with E-state index in [2.05, 4.69) is 20.6 Å². The third-order valence-electron chi connectivity index (χ3n) is 5.57. The monoisotopic (exact) mass is 425 g/mol. The van der Waals surface area contributed by atoms with Gasteiger partial charge < -0.3 is 16.2 Å². The Labute approximate surface area is 169 Å². The SMILES string of the molecule is Cc1cc(Nc2cc(N)ncn2)c(=O)n2c1C(O)NC21CCN(CC(F)(F)F)CC1. The Bertz CT molecular complexity index is 1020. The van der Waals surface area contributed by atoms with Gasteiger partial charge in [0.2, 0.25) is 0 Å². The summed E-state index contributed by atoms with van der Waals surface area (Å²) in [5.41, 5.74) is 5.60. The summed E-state index contributed by atoms with van der Waals surface area (Å²) in [5.74, 6) is 0.566. The van der Waals surface area contributed by atoms with Gasteiger partial charge >= 0.3 is 6.18 Å². The quantitative estimate of drug-likeness (QED) is 0.579. The van der Waals surface area contributed by atoms with Crippen molar-refractivity contribution in [2.45, 2.75) is 37.8 Å². The van der Waals surface area contributed by atoms with Gasteiger partial charge in [-0.15, -0.1) is 0 Å². The summed E-state index contributed by atoms with van der Waals surface area (Å²) >= 11 is 0. The maximum Gasteiger partial charge on any atom is 0.401 e. The smallest absolute Gasteiger partial charge is 0.384 e. The van der Waals surface area contributed by atoms with Crippen LogP contribution >= 0.6 is 0 Å². The van der Waals surface area contributed by atoms with Gasteiger partial charge in [-0.05, 0) is 31.4 Å². The number of nitrogens with one attached hydrogen (secondary N) is 2. The Kier molecular flexibility index (Phi) is 4.95. The minimum Gasteiger partial charge on any atom is -0.384 e. The van der Waals surface area contributed by atoms with E-state index in [1.165, 1.54) is 21.9 Å². The number of aryl methyl sites for hydroxylation is 1. The standard InChI is InChI=1S/C18H22F3N7O2/c1-10-6-11(25-13-7-12(22)23-9-24-13)16(30)28-14(10)15(29)26-17(28)2-4-27(5-3-17)8-18(19,20)21/h6-7,9,15,26,29H,2-5,8H2,1H3,(H3,22,23,24,25). The molecule has 0 radical (unpaired) electrons. The summed E-state index contributed by atoms with van der Waals surface area (Å²) in [6.07, 6.45) is -3.61. The van der Waals surface area contributed by atoms with Gasteiger partial charge in [-0.2, -0.15) is 13.2 Å². The minimum absolute atomic E-state index is 0.143. The number of nitrogens with zero attached hydrogens (tertiary/aromatic N) is 4. The van der Waals surface area contributed by atoms with Crippen molar-refractivity contribution >= 4 is 17.3 Å². The molecule has 0 saturated carbocycles. The number of pyridine rings is 1. The number of aliphatic hydroxyl groups excluding tert-OH is 1. The average molecular weight is 425 g/mol. The Morgan fingerprint density at radius 2 is 2.03 bits per heavy atom. The Hall–Kier alpha value is -2.70. The zero-order chi connectivity index (χ0) is 21.7. The molecule has 1 spiro atoms. The zero-order valence-electron chi connectivity index (χ0n) is 16.2. The molecule has 1 fully saturated rings. The molecule has 4 heterocycles. The summed E-state index contributed by atoms with van der Waals surface area (Å²) in [6, 6.07) is 3.08. The number of fused-ring (bicyclic) bond motifs is 2. The second-order valence-corrected chi connectivity index (χ2v) is 7.69. The van der Waals surface area contributed by atoms with Crippen LogP contribution in [0.25, 0.3) is 0 Å². The van der Waals surface area contributed by atoms with Gasteiger partial charge in [0.15, 0.2) is 0 Å². The largest absolute Gasteiger partial charge is 0.401 e. The van der Waals surface area contributed by atoms with Crippen molar-refractivity contribution < 1.29 is 18.3 Å². The Morgan fingerprint density at radius 1 is 1.33 bits per heavy atom. The lowest BCUT2D eigenvalue weighted by molar-refractivity contribution is -0.151. The Morgan fingerprint density at radius 3 is 2.67 bits per heavy atom. The van der Waals surface area contributed by atoms with E-state index in [0.29, 0.717) is 17.1 Å². The van der Waals surface area contributed by atoms with Crippen molar-refractivity contribution in [3.8, 4) is 0 Å². The van der Waals surface area contributed by atoms with Crippen LogP contribution in [-0.2, 0) is 5.66 Å². The maximum atomic E-state index is 13.3. The lowest BCUT2D eigenvalue weighted by Gasteiger charge is -2.41. The number of nitrogens with two attached hydrogens (primary N) is 1. The average Bonchev–Trinajstić information content (AvgIpc) is 2.93. The number of aromatic nitrogens is 3. The maximum absolute atomic E-state index is 13.3. The van der Waals surface area contributed by atoms with Gasteiger partial charge in [0, 0.05) is 19.2 Å². The molecule has 0 aromatic carbocycles. The van der Waals surface area contributed by atoms with E-state index < -0.39 is 30.2 Å². The molecular weight excluding hydrogens is 403 g/mol. The number of halogens is 3. The summed E-state index contributed by atoms with van der Waals surface area (Å²) in [6.45, 7) is 1.05. The van der Waals surface area contributed by atoms with Gasteiger partial charge in [0.1, 0.15) is 35.5 Å². The van der Waals surface area contributed by atoms with Gasteiger partial charge in [-0.25, -0.2) is 9.97 Å². The van der Waals surface area contributed by atoms with E-state index in [9.17, 15) is 23.1 Å². The van der Waals surface area contributed by atoms with Crippen LogP contribution in [0, 0.1) is 6.92 Å². The summed E-state index contributed by atoms with van der Waals surface area (Å²) in [7, 11) is 0. The van der Waals surface area contributed by atoms with Gasteiger partial charge in [0.05, 0.1) is 12.2 Å². The fraction of sp³-hybridized carbons (Fsp3) is 0.500. The van der Waals surface area contributed by atoms with Crippen molar-refractivity contribution in [2.24, 2.45) is 0 Å². The number of rotatable bonds is 3. The highest BCUT2D eigenvalue weighted by Crippen LogP contribution is 2.38. The van der Waals surface area contributed by atoms with Crippen LogP contribution < -0.4 is 21.9 Å². The number of piperidine rings is 1. The van der Waals surface area contributed by atoms with E-state index in [4.69, 9.17) is 5.73 Å². The molecule has 2 aliphatic heterocycles. The van der Waals surface area contributed by atoms with Gasteiger partial charge in [-0.1, -0.05) is 0 Å². The van der Waals surface area contributed by atoms with Crippen LogP contribution in [0.5, 0.6) is 0 Å². The fourth-order valence-electron chi connectivity index (χ4n) is 4.28. The molecular formula is C18H22F3N7O2. The summed E-state index contributed by atoms with van der Waals surface area (Å²) < 4.78 is 39.7. The normalized spacial score (nSPS) is 21.0. The molecule has 162 valence electrons. The molecule has 9 nitrogen and oxygen atoms in total. The first-order valence-electron chi connectivity index (χ1n) is 9.44. The first-order valence-corrected chi connectivity index (χ1v) is 9.44. The van der Waals surface area contributed by atoms with E-state index in [-0.39, 0.29) is 37.4 Å². The number of likely N-dealkylation sites (tertiary alicyclic amines) is 1. The second kappa shape index (κ2) is 7.22. The number of aliphatic hydroxyl groups is 1. The molecule has 12 heteroatoms. The van der Waals surface area contributed by atoms with Gasteiger partial charge in [-0.3, -0.25) is 19.6 Å². The first-order chi connectivity index (χ1) is 14.1. The molecule has 1 atom stereocenters. The van der Waals surface area contributed by atoms with Crippen LogP contribution in [0.3, 0.4) is 0 Å². The van der Waals surface area contributed by atoms with Crippen LogP contribution in [0.15, 0.2) is 23.3 Å². The van der Waals surface area contributed by atoms with Crippen molar-refractivity contribution in [2.75, 3.05) is 30.7 Å². The molecule has 2 aromatic heterocycles.